The van der Waals surface area contributed by atoms with Gasteiger partial charge in [-0.15, -0.1) is 0 Å². The summed E-state index contributed by atoms with van der Waals surface area (Å²) in [7, 11) is -1.88. The quantitative estimate of drug-likeness (QED) is 0.614. The molecule has 29 heavy (non-hydrogen) atoms. The lowest BCUT2D eigenvalue weighted by Gasteiger charge is -2.33. The maximum absolute atomic E-state index is 12.6. The molecule has 1 aliphatic rings. The molecule has 0 saturated carbocycles. The van der Waals surface area contributed by atoms with Crippen LogP contribution in [-0.2, 0) is 23.0 Å². The third-order valence-corrected chi connectivity index (χ3v) is 6.45. The van der Waals surface area contributed by atoms with Crippen LogP contribution in [0, 0.1) is 0 Å². The molecular weight excluding hydrogens is 390 g/mol. The van der Waals surface area contributed by atoms with Gasteiger partial charge in [-0.1, -0.05) is 29.4 Å². The van der Waals surface area contributed by atoms with E-state index in [4.69, 9.17) is 9.26 Å². The molecule has 0 radical (unpaired) electrons. The van der Waals surface area contributed by atoms with Gasteiger partial charge in [0.15, 0.2) is 0 Å². The highest BCUT2D eigenvalue weighted by molar-refractivity contribution is 7.88. The molecule has 0 spiro atoms. The molecule has 1 heterocycles. The van der Waals surface area contributed by atoms with Crippen LogP contribution in [0.4, 0.5) is 0 Å². The minimum atomic E-state index is -3.48. The molecule has 1 unspecified atom stereocenters. The Morgan fingerprint density at radius 1 is 1.17 bits per heavy atom. The monoisotopic (exact) mass is 413 g/mol. The van der Waals surface area contributed by atoms with Crippen LogP contribution in [0.15, 0.2) is 53.1 Å². The van der Waals surface area contributed by atoms with E-state index in [-0.39, 0.29) is 18.5 Å². The molecule has 7 nitrogen and oxygen atoms in total. The molecule has 1 aliphatic carbocycles. The van der Waals surface area contributed by atoms with Crippen molar-refractivity contribution in [3.8, 4) is 17.1 Å². The highest BCUT2D eigenvalue weighted by atomic mass is 32.2. The number of nitrogens with zero attached hydrogens (tertiary/aromatic N) is 3. The summed E-state index contributed by atoms with van der Waals surface area (Å²) in [6.45, 7) is 0.0426. The van der Waals surface area contributed by atoms with E-state index in [1.165, 1.54) is 16.1 Å². The summed E-state index contributed by atoms with van der Waals surface area (Å²) in [6.07, 6.45) is 3.90. The van der Waals surface area contributed by atoms with Gasteiger partial charge >= 0.3 is 0 Å². The Morgan fingerprint density at radius 2 is 1.93 bits per heavy atom. The maximum Gasteiger partial charge on any atom is 0.242 e. The lowest BCUT2D eigenvalue weighted by Crippen LogP contribution is -2.35. The summed E-state index contributed by atoms with van der Waals surface area (Å²) in [5.41, 5.74) is 3.02. The van der Waals surface area contributed by atoms with Gasteiger partial charge in [0, 0.05) is 5.56 Å². The van der Waals surface area contributed by atoms with Crippen molar-refractivity contribution in [2.24, 2.45) is 0 Å². The van der Waals surface area contributed by atoms with Crippen molar-refractivity contribution in [3.05, 3.63) is 65.5 Å². The van der Waals surface area contributed by atoms with E-state index in [0.29, 0.717) is 5.82 Å². The lowest BCUT2D eigenvalue weighted by atomic mass is 9.88. The van der Waals surface area contributed by atoms with E-state index >= 15 is 0 Å². The van der Waals surface area contributed by atoms with Gasteiger partial charge in [0.25, 0.3) is 0 Å². The fraction of sp³-hybridized carbons (Fsp3) is 0.333. The first-order valence-electron chi connectivity index (χ1n) is 9.47. The number of aryl methyl sites for hydroxylation is 1. The third kappa shape index (κ3) is 4.18. The summed E-state index contributed by atoms with van der Waals surface area (Å²) in [4.78, 5) is 4.42. The summed E-state index contributed by atoms with van der Waals surface area (Å²) >= 11 is 0. The van der Waals surface area contributed by atoms with Crippen LogP contribution in [-0.4, -0.2) is 36.2 Å². The van der Waals surface area contributed by atoms with Crippen molar-refractivity contribution in [1.29, 1.82) is 0 Å². The molecular formula is C21H23N3O4S. The van der Waals surface area contributed by atoms with Gasteiger partial charge in [-0.3, -0.25) is 0 Å². The molecule has 0 bridgehead atoms. The number of fused-ring (bicyclic) bond motifs is 1. The van der Waals surface area contributed by atoms with Crippen LogP contribution >= 0.6 is 0 Å². The number of hydrogen-bond donors (Lipinski definition) is 0. The first-order valence-corrected chi connectivity index (χ1v) is 11.3. The van der Waals surface area contributed by atoms with Crippen LogP contribution in [0.25, 0.3) is 11.4 Å². The van der Waals surface area contributed by atoms with Gasteiger partial charge in [0.05, 0.1) is 26.0 Å². The lowest BCUT2D eigenvalue weighted by molar-refractivity contribution is 0.251. The molecule has 3 aromatic rings. The molecule has 1 atom stereocenters. The predicted octanol–water partition coefficient (Wildman–Crippen LogP) is 3.58. The van der Waals surface area contributed by atoms with E-state index in [1.54, 1.807) is 7.11 Å². The van der Waals surface area contributed by atoms with Crippen molar-refractivity contribution in [2.75, 3.05) is 13.4 Å². The Balaban J connectivity index is 1.61. The molecule has 0 amide bonds. The van der Waals surface area contributed by atoms with Crippen LogP contribution in [0.5, 0.6) is 5.75 Å². The van der Waals surface area contributed by atoms with E-state index < -0.39 is 10.0 Å². The smallest absolute Gasteiger partial charge is 0.242 e. The van der Waals surface area contributed by atoms with Crippen molar-refractivity contribution in [2.45, 2.75) is 31.8 Å². The highest BCUT2D eigenvalue weighted by Gasteiger charge is 2.33. The fourth-order valence-electron chi connectivity index (χ4n) is 3.80. The molecule has 8 heteroatoms. The molecule has 0 aliphatic heterocycles. The Kier molecular flexibility index (Phi) is 5.38. The van der Waals surface area contributed by atoms with Crippen molar-refractivity contribution < 1.29 is 17.7 Å². The zero-order valence-electron chi connectivity index (χ0n) is 16.4. The number of methoxy groups -OCH3 is 1. The summed E-state index contributed by atoms with van der Waals surface area (Å²) in [5.74, 6) is 1.42. The number of ether oxygens (including phenoxy) is 1. The fourth-order valence-corrected chi connectivity index (χ4v) is 4.82. The number of benzene rings is 2. The molecule has 152 valence electrons. The van der Waals surface area contributed by atoms with Crippen LogP contribution in [0.1, 0.15) is 35.9 Å². The zero-order valence-corrected chi connectivity index (χ0v) is 17.2. The second kappa shape index (κ2) is 7.96. The zero-order chi connectivity index (χ0) is 20.4. The second-order valence-electron chi connectivity index (χ2n) is 7.16. The molecule has 0 saturated heterocycles. The average molecular weight is 413 g/mol. The van der Waals surface area contributed by atoms with Gasteiger partial charge in [-0.25, -0.2) is 8.42 Å². The minimum Gasteiger partial charge on any atom is -0.497 e. The second-order valence-corrected chi connectivity index (χ2v) is 9.09. The van der Waals surface area contributed by atoms with Gasteiger partial charge in [-0.2, -0.15) is 9.29 Å². The normalized spacial score (nSPS) is 16.6. The number of aromatic nitrogens is 2. The largest absolute Gasteiger partial charge is 0.497 e. The van der Waals surface area contributed by atoms with E-state index in [0.717, 1.165) is 36.1 Å². The Morgan fingerprint density at radius 3 is 2.66 bits per heavy atom. The van der Waals surface area contributed by atoms with Gasteiger partial charge in [-0.05, 0) is 54.7 Å². The number of sulfonamides is 1. The first kappa shape index (κ1) is 19.6. The molecule has 1 aromatic heterocycles. The number of hydrogen-bond acceptors (Lipinski definition) is 6. The van der Waals surface area contributed by atoms with Crippen LogP contribution < -0.4 is 4.74 Å². The molecule has 2 aromatic carbocycles. The third-order valence-electron chi connectivity index (χ3n) is 5.22. The standard InChI is InChI=1S/C21H23N3O4S/c1-27-17-12-10-16(11-13-17)21-22-20(28-23-21)14-24(29(2,25)26)19-9-5-7-15-6-3-4-8-18(15)19/h3-4,6,8,10-13,19H,5,7,9,14H2,1-2H3. The Bertz CT molecular complexity index is 1090. The van der Waals surface area contributed by atoms with Gasteiger partial charge < -0.3 is 9.26 Å². The predicted molar refractivity (Wildman–Crippen MR) is 109 cm³/mol. The van der Waals surface area contributed by atoms with Crippen LogP contribution in [0.3, 0.4) is 0 Å². The van der Waals surface area contributed by atoms with Gasteiger partial charge in [0.1, 0.15) is 5.75 Å². The molecule has 0 fully saturated rings. The van der Waals surface area contributed by atoms with E-state index in [9.17, 15) is 8.42 Å². The molecule has 0 N–H and O–H groups in total. The number of rotatable bonds is 6. The van der Waals surface area contributed by atoms with E-state index in [1.807, 2.05) is 42.5 Å². The minimum absolute atomic E-state index is 0.0426. The van der Waals surface area contributed by atoms with Crippen molar-refractivity contribution in [3.63, 3.8) is 0 Å². The summed E-state index contributed by atoms with van der Waals surface area (Å²) in [6, 6.07) is 15.1. The Labute approximate surface area is 170 Å². The van der Waals surface area contributed by atoms with E-state index in [2.05, 4.69) is 16.2 Å². The molecule has 4 rings (SSSR count). The van der Waals surface area contributed by atoms with Crippen molar-refractivity contribution in [1.82, 2.24) is 14.4 Å². The topological polar surface area (TPSA) is 85.5 Å². The SMILES string of the molecule is COc1ccc(-c2noc(CN(C3CCCc4ccccc43)S(C)(=O)=O)n2)cc1. The highest BCUT2D eigenvalue weighted by Crippen LogP contribution is 2.36. The van der Waals surface area contributed by atoms with Crippen LogP contribution in [0.2, 0.25) is 0 Å². The first-order chi connectivity index (χ1) is 14.0. The summed E-state index contributed by atoms with van der Waals surface area (Å²) < 4.78 is 37.2. The summed E-state index contributed by atoms with van der Waals surface area (Å²) in [5, 5.41) is 4.02. The van der Waals surface area contributed by atoms with Crippen molar-refractivity contribution >= 4 is 10.0 Å². The maximum atomic E-state index is 12.6. The van der Waals surface area contributed by atoms with Gasteiger partial charge in [0.2, 0.25) is 21.7 Å². The average Bonchev–Trinajstić information content (AvgIpc) is 3.20. The Hall–Kier alpha value is -2.71.